The number of carbonyl (C=O) groups excluding carboxylic acids is 1. The van der Waals surface area contributed by atoms with Gasteiger partial charge in [-0.3, -0.25) is 4.79 Å². The van der Waals surface area contributed by atoms with Gasteiger partial charge in [0.05, 0.1) is 36.2 Å². The van der Waals surface area contributed by atoms with E-state index in [0.717, 1.165) is 28.3 Å². The summed E-state index contributed by atoms with van der Waals surface area (Å²) in [5, 5.41) is 0. The minimum Gasteiger partial charge on any atom is -0.491 e. The summed E-state index contributed by atoms with van der Waals surface area (Å²) in [6, 6.07) is 12.7. The Labute approximate surface area is 178 Å². The highest BCUT2D eigenvalue weighted by atomic mass is 32.2. The Morgan fingerprint density at radius 2 is 1.57 bits per heavy atom. The maximum absolute atomic E-state index is 13.2. The molecular weight excluding hydrogens is 400 g/mol. The Hall–Kier alpha value is -2.54. The standard InChI is InChI=1S/C23H28N2O4S/c1-15(2)29-20-9-7-18(8-10-20)24-12-23(26)25(19-6-5-16(3)17(4)11-19)22-14-30(27,28)13-21(22)24/h5-11,15,21-22H,12-14H2,1-4H3. The quantitative estimate of drug-likeness (QED) is 0.749. The van der Waals surface area contributed by atoms with Gasteiger partial charge >= 0.3 is 0 Å². The molecule has 2 fully saturated rings. The Morgan fingerprint density at radius 1 is 0.933 bits per heavy atom. The van der Waals surface area contributed by atoms with E-state index in [0.29, 0.717) is 0 Å². The summed E-state index contributed by atoms with van der Waals surface area (Å²) < 4.78 is 30.8. The number of hydrogen-bond donors (Lipinski definition) is 0. The average molecular weight is 429 g/mol. The van der Waals surface area contributed by atoms with Crippen molar-refractivity contribution >= 4 is 27.1 Å². The van der Waals surface area contributed by atoms with E-state index >= 15 is 0 Å². The molecule has 2 unspecified atom stereocenters. The Bertz CT molecular complexity index is 1060. The molecule has 6 nitrogen and oxygen atoms in total. The van der Waals surface area contributed by atoms with Gasteiger partial charge in [-0.1, -0.05) is 6.07 Å². The van der Waals surface area contributed by atoms with Crippen LogP contribution in [0.2, 0.25) is 0 Å². The van der Waals surface area contributed by atoms with Crippen molar-refractivity contribution in [3.63, 3.8) is 0 Å². The van der Waals surface area contributed by atoms with Crippen LogP contribution in [0.3, 0.4) is 0 Å². The number of carbonyl (C=O) groups is 1. The summed E-state index contributed by atoms with van der Waals surface area (Å²) in [6.07, 6.45) is 0.0725. The number of ether oxygens (including phenoxy) is 1. The van der Waals surface area contributed by atoms with E-state index in [4.69, 9.17) is 4.74 Å². The molecule has 2 aliphatic rings. The lowest BCUT2D eigenvalue weighted by atomic mass is 10.0. The molecule has 0 aliphatic carbocycles. The van der Waals surface area contributed by atoms with E-state index in [2.05, 4.69) is 0 Å². The van der Waals surface area contributed by atoms with Crippen LogP contribution in [0.4, 0.5) is 11.4 Å². The van der Waals surface area contributed by atoms with E-state index in [1.165, 1.54) is 0 Å². The molecule has 30 heavy (non-hydrogen) atoms. The minimum atomic E-state index is -3.24. The van der Waals surface area contributed by atoms with E-state index in [9.17, 15) is 13.2 Å². The van der Waals surface area contributed by atoms with Gasteiger partial charge in [0.2, 0.25) is 5.91 Å². The predicted octanol–water partition coefficient (Wildman–Crippen LogP) is 3.11. The van der Waals surface area contributed by atoms with Gasteiger partial charge < -0.3 is 14.5 Å². The van der Waals surface area contributed by atoms with Crippen molar-refractivity contribution in [2.24, 2.45) is 0 Å². The molecule has 0 N–H and O–H groups in total. The van der Waals surface area contributed by atoms with Crippen molar-refractivity contribution in [1.82, 2.24) is 0 Å². The van der Waals surface area contributed by atoms with E-state index in [1.54, 1.807) is 4.90 Å². The molecule has 2 aromatic rings. The molecule has 0 bridgehead atoms. The first-order chi connectivity index (χ1) is 14.1. The molecule has 2 aliphatic heterocycles. The topological polar surface area (TPSA) is 66.9 Å². The molecule has 4 rings (SSSR count). The largest absolute Gasteiger partial charge is 0.491 e. The normalized spacial score (nSPS) is 23.0. The number of hydrogen-bond acceptors (Lipinski definition) is 5. The first-order valence-electron chi connectivity index (χ1n) is 10.3. The number of piperazine rings is 1. The van der Waals surface area contributed by atoms with E-state index in [-0.39, 0.29) is 36.1 Å². The number of nitrogens with zero attached hydrogens (tertiary/aromatic N) is 2. The van der Waals surface area contributed by atoms with Crippen LogP contribution in [0.5, 0.6) is 5.75 Å². The van der Waals surface area contributed by atoms with Gasteiger partial charge in [-0.2, -0.15) is 0 Å². The number of rotatable bonds is 4. The summed E-state index contributed by atoms with van der Waals surface area (Å²) in [6.45, 7) is 8.10. The van der Waals surface area contributed by atoms with Crippen molar-refractivity contribution < 1.29 is 17.9 Å². The second-order valence-electron chi connectivity index (χ2n) is 8.53. The number of aryl methyl sites for hydroxylation is 2. The van der Waals surface area contributed by atoms with Crippen molar-refractivity contribution in [3.8, 4) is 5.75 Å². The highest BCUT2D eigenvalue weighted by molar-refractivity contribution is 7.91. The fraction of sp³-hybridized carbons (Fsp3) is 0.435. The van der Waals surface area contributed by atoms with Crippen molar-refractivity contribution in [3.05, 3.63) is 53.6 Å². The number of fused-ring (bicyclic) bond motifs is 1. The summed E-state index contributed by atoms with van der Waals surface area (Å²) in [4.78, 5) is 16.8. The molecule has 2 heterocycles. The van der Waals surface area contributed by atoms with Crippen LogP contribution < -0.4 is 14.5 Å². The molecule has 0 radical (unpaired) electrons. The highest BCUT2D eigenvalue weighted by Crippen LogP contribution is 2.35. The van der Waals surface area contributed by atoms with Gasteiger partial charge in [-0.05, 0) is 75.2 Å². The third kappa shape index (κ3) is 3.90. The third-order valence-corrected chi connectivity index (χ3v) is 7.61. The molecule has 2 atom stereocenters. The van der Waals surface area contributed by atoms with Gasteiger partial charge in [0.15, 0.2) is 9.84 Å². The Morgan fingerprint density at radius 3 is 2.20 bits per heavy atom. The van der Waals surface area contributed by atoms with Crippen LogP contribution in [0.25, 0.3) is 0 Å². The molecule has 1 amide bonds. The number of sulfone groups is 1. The zero-order valence-electron chi connectivity index (χ0n) is 17.8. The maximum Gasteiger partial charge on any atom is 0.246 e. The van der Waals surface area contributed by atoms with Crippen molar-refractivity contribution in [2.75, 3.05) is 27.9 Å². The minimum absolute atomic E-state index is 0.0125. The van der Waals surface area contributed by atoms with Crippen LogP contribution in [0.1, 0.15) is 25.0 Å². The maximum atomic E-state index is 13.2. The highest BCUT2D eigenvalue weighted by Gasteiger charge is 2.50. The molecule has 0 spiro atoms. The Kier molecular flexibility index (Phi) is 5.26. The van der Waals surface area contributed by atoms with Crippen LogP contribution in [-0.2, 0) is 14.6 Å². The van der Waals surface area contributed by atoms with Crippen molar-refractivity contribution in [1.29, 1.82) is 0 Å². The predicted molar refractivity (Wildman–Crippen MR) is 119 cm³/mol. The SMILES string of the molecule is Cc1ccc(N2C(=O)CN(c3ccc(OC(C)C)cc3)C3CS(=O)(=O)CC32)cc1C. The molecule has 7 heteroatoms. The second kappa shape index (κ2) is 7.61. The zero-order valence-corrected chi connectivity index (χ0v) is 18.6. The Balaban J connectivity index is 1.68. The molecule has 2 aromatic carbocycles. The smallest absolute Gasteiger partial charge is 0.246 e. The fourth-order valence-corrected chi connectivity index (χ4v) is 6.31. The van der Waals surface area contributed by atoms with Gasteiger partial charge in [-0.15, -0.1) is 0 Å². The first-order valence-corrected chi connectivity index (χ1v) is 12.1. The fourth-order valence-electron chi connectivity index (χ4n) is 4.36. The number of amides is 1. The van der Waals surface area contributed by atoms with Crippen LogP contribution in [0.15, 0.2) is 42.5 Å². The molecule has 0 aromatic heterocycles. The van der Waals surface area contributed by atoms with Gasteiger partial charge in [-0.25, -0.2) is 8.42 Å². The summed E-state index contributed by atoms with van der Waals surface area (Å²) in [5.41, 5.74) is 3.84. The van der Waals surface area contributed by atoms with Crippen LogP contribution in [-0.4, -0.2) is 50.6 Å². The lowest BCUT2D eigenvalue weighted by Gasteiger charge is -2.44. The monoisotopic (exact) mass is 428 g/mol. The summed E-state index contributed by atoms with van der Waals surface area (Å²) >= 11 is 0. The lowest BCUT2D eigenvalue weighted by molar-refractivity contribution is -0.118. The number of benzene rings is 2. The lowest BCUT2D eigenvalue weighted by Crippen LogP contribution is -2.62. The average Bonchev–Trinajstić information content (AvgIpc) is 2.98. The second-order valence-corrected chi connectivity index (χ2v) is 10.7. The van der Waals surface area contributed by atoms with Crippen LogP contribution in [0, 0.1) is 13.8 Å². The first kappa shape index (κ1) is 20.7. The molecule has 160 valence electrons. The molecule has 0 saturated carbocycles. The molecule has 2 saturated heterocycles. The summed E-state index contributed by atoms with van der Waals surface area (Å²) in [7, 11) is -3.24. The number of anilines is 2. The van der Waals surface area contributed by atoms with Crippen LogP contribution >= 0.6 is 0 Å². The van der Waals surface area contributed by atoms with E-state index < -0.39 is 15.9 Å². The van der Waals surface area contributed by atoms with Crippen molar-refractivity contribution in [2.45, 2.75) is 45.9 Å². The third-order valence-electron chi connectivity index (χ3n) is 5.91. The van der Waals surface area contributed by atoms with Gasteiger partial charge in [0, 0.05) is 11.4 Å². The molecular formula is C23H28N2O4S. The zero-order chi connectivity index (χ0) is 21.6. The summed E-state index contributed by atoms with van der Waals surface area (Å²) in [5.74, 6) is 0.710. The van der Waals surface area contributed by atoms with E-state index in [1.807, 2.05) is 75.1 Å². The van der Waals surface area contributed by atoms with Gasteiger partial charge in [0.1, 0.15) is 5.75 Å². The van der Waals surface area contributed by atoms with Gasteiger partial charge in [0.25, 0.3) is 0 Å².